The van der Waals surface area contributed by atoms with Crippen LogP contribution in [0.1, 0.15) is 6.92 Å². The quantitative estimate of drug-likeness (QED) is 0.670. The van der Waals surface area contributed by atoms with Crippen LogP contribution in [0.4, 0.5) is 11.5 Å². The van der Waals surface area contributed by atoms with Crippen LogP contribution in [0.25, 0.3) is 0 Å². The first-order chi connectivity index (χ1) is 8.70. The van der Waals surface area contributed by atoms with Crippen molar-refractivity contribution in [3.05, 3.63) is 33.8 Å². The number of thiazole rings is 1. The van der Waals surface area contributed by atoms with Gasteiger partial charge in [-0.1, -0.05) is 0 Å². The number of aromatic nitrogens is 2. The Balaban J connectivity index is 2.34. The SMILES string of the molecule is CCNc1ccc([N+](=O)[O-])c(Sc2nccs2)n1. The Bertz CT molecular complexity index is 545. The molecule has 0 atom stereocenters. The number of nitro groups is 1. The first kappa shape index (κ1) is 12.8. The summed E-state index contributed by atoms with van der Waals surface area (Å²) in [5.74, 6) is 0.627. The zero-order valence-electron chi connectivity index (χ0n) is 9.49. The summed E-state index contributed by atoms with van der Waals surface area (Å²) in [4.78, 5) is 18.8. The number of rotatable bonds is 5. The number of hydrogen-bond acceptors (Lipinski definition) is 7. The Hall–Kier alpha value is -1.67. The van der Waals surface area contributed by atoms with Crippen LogP contribution in [0.5, 0.6) is 0 Å². The minimum absolute atomic E-state index is 0.00291. The van der Waals surface area contributed by atoms with Crippen molar-refractivity contribution in [1.82, 2.24) is 9.97 Å². The first-order valence-electron chi connectivity index (χ1n) is 5.17. The molecule has 0 unspecified atom stereocenters. The molecule has 2 heterocycles. The fraction of sp³-hybridized carbons (Fsp3) is 0.200. The van der Waals surface area contributed by atoms with Gasteiger partial charge in [-0.15, -0.1) is 11.3 Å². The lowest BCUT2D eigenvalue weighted by atomic mass is 10.4. The molecule has 0 saturated carbocycles. The molecular weight excluding hydrogens is 272 g/mol. The predicted octanol–water partition coefficient (Wildman–Crippen LogP) is 3.03. The minimum atomic E-state index is -0.432. The van der Waals surface area contributed by atoms with Crippen LogP contribution in [-0.4, -0.2) is 21.4 Å². The highest BCUT2D eigenvalue weighted by molar-refractivity contribution is 8.01. The van der Waals surface area contributed by atoms with Crippen molar-refractivity contribution in [2.75, 3.05) is 11.9 Å². The molecule has 0 bridgehead atoms. The van der Waals surface area contributed by atoms with Gasteiger partial charge in [-0.25, -0.2) is 9.97 Å². The smallest absolute Gasteiger partial charge is 0.301 e. The van der Waals surface area contributed by atoms with E-state index in [1.807, 2.05) is 12.3 Å². The molecule has 8 heteroatoms. The van der Waals surface area contributed by atoms with Crippen LogP contribution in [0.3, 0.4) is 0 Å². The van der Waals surface area contributed by atoms with E-state index in [0.717, 1.165) is 4.34 Å². The highest BCUT2D eigenvalue weighted by atomic mass is 32.2. The molecule has 2 aromatic heterocycles. The maximum absolute atomic E-state index is 10.9. The number of pyridine rings is 1. The Morgan fingerprint density at radius 1 is 1.56 bits per heavy atom. The second-order valence-electron chi connectivity index (χ2n) is 3.21. The molecule has 2 aromatic rings. The van der Waals surface area contributed by atoms with E-state index in [1.165, 1.54) is 29.2 Å². The standard InChI is InChI=1S/C10H10N4O2S2/c1-2-11-8-4-3-7(14(15)16)9(13-8)18-10-12-5-6-17-10/h3-6H,2H2,1H3,(H,11,13). The van der Waals surface area contributed by atoms with Crippen molar-refractivity contribution >= 4 is 34.6 Å². The van der Waals surface area contributed by atoms with Gasteiger partial charge < -0.3 is 5.32 Å². The van der Waals surface area contributed by atoms with Crippen LogP contribution in [-0.2, 0) is 0 Å². The van der Waals surface area contributed by atoms with E-state index in [4.69, 9.17) is 0 Å². The van der Waals surface area contributed by atoms with Gasteiger partial charge in [0.2, 0.25) is 0 Å². The Labute approximate surface area is 112 Å². The summed E-state index contributed by atoms with van der Waals surface area (Å²) in [7, 11) is 0. The minimum Gasteiger partial charge on any atom is -0.370 e. The maximum atomic E-state index is 10.9. The van der Waals surface area contributed by atoms with E-state index in [9.17, 15) is 10.1 Å². The summed E-state index contributed by atoms with van der Waals surface area (Å²) in [6, 6.07) is 3.06. The lowest BCUT2D eigenvalue weighted by molar-refractivity contribution is -0.388. The van der Waals surface area contributed by atoms with Gasteiger partial charge in [-0.05, 0) is 24.8 Å². The van der Waals surface area contributed by atoms with E-state index in [0.29, 0.717) is 17.4 Å². The molecular formula is C10H10N4O2S2. The average Bonchev–Trinajstić information content (AvgIpc) is 2.82. The van der Waals surface area contributed by atoms with Crippen molar-refractivity contribution < 1.29 is 4.92 Å². The second kappa shape index (κ2) is 5.78. The highest BCUT2D eigenvalue weighted by Crippen LogP contribution is 2.34. The number of nitrogens with zero attached hydrogens (tertiary/aromatic N) is 3. The van der Waals surface area contributed by atoms with Crippen LogP contribution >= 0.6 is 23.1 Å². The second-order valence-corrected chi connectivity index (χ2v) is 5.34. The topological polar surface area (TPSA) is 81.0 Å². The monoisotopic (exact) mass is 282 g/mol. The molecule has 0 fully saturated rings. The summed E-state index contributed by atoms with van der Waals surface area (Å²) in [5, 5.41) is 16.1. The maximum Gasteiger partial charge on any atom is 0.301 e. The lowest BCUT2D eigenvalue weighted by Gasteiger charge is -2.04. The number of nitrogens with one attached hydrogen (secondary N) is 1. The van der Waals surface area contributed by atoms with Gasteiger partial charge >= 0.3 is 5.69 Å². The molecule has 18 heavy (non-hydrogen) atoms. The molecule has 94 valence electrons. The van der Waals surface area contributed by atoms with Crippen molar-refractivity contribution in [3.63, 3.8) is 0 Å². The van der Waals surface area contributed by atoms with E-state index in [2.05, 4.69) is 15.3 Å². The summed E-state index contributed by atoms with van der Waals surface area (Å²) < 4.78 is 0.735. The third-order valence-electron chi connectivity index (χ3n) is 1.99. The normalized spacial score (nSPS) is 10.3. The largest absolute Gasteiger partial charge is 0.370 e. The third-order valence-corrected chi connectivity index (χ3v) is 3.87. The fourth-order valence-corrected chi connectivity index (χ4v) is 2.90. The zero-order valence-corrected chi connectivity index (χ0v) is 11.1. The molecule has 0 aromatic carbocycles. The summed E-state index contributed by atoms with van der Waals surface area (Å²) in [6.45, 7) is 2.66. The van der Waals surface area contributed by atoms with Crippen LogP contribution < -0.4 is 5.32 Å². The molecule has 6 nitrogen and oxygen atoms in total. The fourth-order valence-electron chi connectivity index (χ4n) is 1.27. The molecule has 0 saturated heterocycles. The summed E-state index contributed by atoms with van der Waals surface area (Å²) in [5.41, 5.74) is -0.00291. The molecule has 0 spiro atoms. The van der Waals surface area contributed by atoms with Crippen LogP contribution in [0.15, 0.2) is 33.1 Å². The third kappa shape index (κ3) is 2.96. The van der Waals surface area contributed by atoms with E-state index in [-0.39, 0.29) is 5.69 Å². The van der Waals surface area contributed by atoms with Crippen molar-refractivity contribution in [2.45, 2.75) is 16.3 Å². The summed E-state index contributed by atoms with van der Waals surface area (Å²) >= 11 is 2.63. The van der Waals surface area contributed by atoms with Crippen LogP contribution in [0.2, 0.25) is 0 Å². The number of hydrogen-bond donors (Lipinski definition) is 1. The van der Waals surface area contributed by atoms with E-state index < -0.39 is 4.92 Å². The lowest BCUT2D eigenvalue weighted by Crippen LogP contribution is -2.01. The van der Waals surface area contributed by atoms with Gasteiger partial charge in [0.15, 0.2) is 9.37 Å². The molecule has 0 aliphatic heterocycles. The molecule has 0 aliphatic rings. The molecule has 2 rings (SSSR count). The van der Waals surface area contributed by atoms with Gasteiger partial charge in [0.25, 0.3) is 0 Å². The molecule has 0 amide bonds. The molecule has 1 N–H and O–H groups in total. The van der Waals surface area contributed by atoms with Gasteiger partial charge in [0.1, 0.15) is 5.82 Å². The van der Waals surface area contributed by atoms with Gasteiger partial charge in [0.05, 0.1) is 4.92 Å². The zero-order chi connectivity index (χ0) is 13.0. The van der Waals surface area contributed by atoms with Crippen molar-refractivity contribution in [3.8, 4) is 0 Å². The van der Waals surface area contributed by atoms with Gasteiger partial charge in [-0.3, -0.25) is 10.1 Å². The molecule has 0 radical (unpaired) electrons. The summed E-state index contributed by atoms with van der Waals surface area (Å²) in [6.07, 6.45) is 1.66. The van der Waals surface area contributed by atoms with Gasteiger partial charge in [0, 0.05) is 24.2 Å². The Morgan fingerprint density at radius 2 is 2.39 bits per heavy atom. The highest BCUT2D eigenvalue weighted by Gasteiger charge is 2.18. The van der Waals surface area contributed by atoms with Crippen molar-refractivity contribution in [2.24, 2.45) is 0 Å². The molecule has 0 aliphatic carbocycles. The predicted molar refractivity (Wildman–Crippen MR) is 71.3 cm³/mol. The van der Waals surface area contributed by atoms with Crippen LogP contribution in [0, 0.1) is 10.1 Å². The van der Waals surface area contributed by atoms with E-state index in [1.54, 1.807) is 12.3 Å². The van der Waals surface area contributed by atoms with Crippen molar-refractivity contribution in [1.29, 1.82) is 0 Å². The van der Waals surface area contributed by atoms with Gasteiger partial charge in [-0.2, -0.15) is 0 Å². The van der Waals surface area contributed by atoms with E-state index >= 15 is 0 Å². The average molecular weight is 282 g/mol. The number of anilines is 1. The Morgan fingerprint density at radius 3 is 3.00 bits per heavy atom. The first-order valence-corrected chi connectivity index (χ1v) is 6.87. The Kier molecular flexibility index (Phi) is 4.11.